The van der Waals surface area contributed by atoms with E-state index in [0.29, 0.717) is 5.88 Å². The second-order valence-electron chi connectivity index (χ2n) is 7.05. The summed E-state index contributed by atoms with van der Waals surface area (Å²) in [4.78, 5) is 4.80. The van der Waals surface area contributed by atoms with Crippen molar-refractivity contribution in [3.8, 4) is 17.1 Å². The molecule has 0 radical (unpaired) electrons. The van der Waals surface area contributed by atoms with Gasteiger partial charge in [0.05, 0.1) is 24.9 Å². The van der Waals surface area contributed by atoms with Crippen molar-refractivity contribution in [1.82, 2.24) is 19.7 Å². The Hall–Kier alpha value is -3.41. The van der Waals surface area contributed by atoms with Crippen LogP contribution in [-0.4, -0.2) is 26.9 Å². The van der Waals surface area contributed by atoms with Crippen molar-refractivity contribution < 1.29 is 4.74 Å². The van der Waals surface area contributed by atoms with Gasteiger partial charge in [-0.2, -0.15) is 0 Å². The third kappa shape index (κ3) is 2.52. The molecule has 27 heavy (non-hydrogen) atoms. The predicted molar refractivity (Wildman–Crippen MR) is 105 cm³/mol. The van der Waals surface area contributed by atoms with Crippen LogP contribution < -0.4 is 10.1 Å². The predicted octanol–water partition coefficient (Wildman–Crippen LogP) is 3.84. The second-order valence-corrected chi connectivity index (χ2v) is 7.05. The number of rotatable bonds is 3. The van der Waals surface area contributed by atoms with Crippen LogP contribution in [0.1, 0.15) is 12.5 Å². The van der Waals surface area contributed by atoms with Crippen molar-refractivity contribution in [3.05, 3.63) is 66.5 Å². The molecule has 2 aromatic heterocycles. The molecule has 0 fully saturated rings. The highest BCUT2D eigenvalue weighted by Crippen LogP contribution is 2.38. The third-order valence-corrected chi connectivity index (χ3v) is 5.18. The van der Waals surface area contributed by atoms with Gasteiger partial charge in [-0.25, -0.2) is 4.98 Å². The van der Waals surface area contributed by atoms with E-state index in [4.69, 9.17) is 9.72 Å². The Morgan fingerprint density at radius 2 is 1.93 bits per heavy atom. The third-order valence-electron chi connectivity index (χ3n) is 5.18. The molecule has 0 saturated heterocycles. The Morgan fingerprint density at radius 1 is 1.07 bits per heavy atom. The highest BCUT2D eigenvalue weighted by molar-refractivity contribution is 5.86. The lowest BCUT2D eigenvalue weighted by Crippen LogP contribution is -2.31. The molecule has 134 valence electrons. The molecule has 0 bridgehead atoms. The van der Waals surface area contributed by atoms with Crippen molar-refractivity contribution in [2.75, 3.05) is 12.4 Å². The number of fused-ring (bicyclic) bond motifs is 2. The topological polar surface area (TPSA) is 64.9 Å². The maximum atomic E-state index is 5.65. The maximum absolute atomic E-state index is 5.65. The Labute approximate surface area is 156 Å². The number of aromatic nitrogens is 4. The van der Waals surface area contributed by atoms with Crippen LogP contribution in [0.5, 0.6) is 5.88 Å². The van der Waals surface area contributed by atoms with Gasteiger partial charge >= 0.3 is 0 Å². The molecule has 1 aliphatic heterocycles. The summed E-state index contributed by atoms with van der Waals surface area (Å²) in [5.74, 6) is 1.38. The van der Waals surface area contributed by atoms with Crippen LogP contribution in [0.4, 0.5) is 5.95 Å². The number of hydrogen-bond donors (Lipinski definition) is 1. The van der Waals surface area contributed by atoms with Gasteiger partial charge in [-0.1, -0.05) is 36.4 Å². The lowest BCUT2D eigenvalue weighted by atomic mass is 9.93. The Balaban J connectivity index is 1.55. The largest absolute Gasteiger partial charge is 0.481 e. The molecule has 3 heterocycles. The molecule has 1 atom stereocenters. The molecule has 0 spiro atoms. The summed E-state index contributed by atoms with van der Waals surface area (Å²) in [6.45, 7) is 2.85. The number of nitrogens with zero attached hydrogens (tertiary/aromatic N) is 4. The summed E-state index contributed by atoms with van der Waals surface area (Å²) in [5.41, 5.74) is 2.62. The van der Waals surface area contributed by atoms with Gasteiger partial charge in [-0.3, -0.25) is 4.57 Å². The monoisotopic (exact) mass is 357 g/mol. The van der Waals surface area contributed by atoms with Crippen LogP contribution in [0, 0.1) is 0 Å². The van der Waals surface area contributed by atoms with E-state index in [-0.39, 0.29) is 5.54 Å². The van der Waals surface area contributed by atoms with Crippen LogP contribution in [0.2, 0.25) is 0 Å². The fraction of sp³-hybridized carbons (Fsp3) is 0.190. The Morgan fingerprint density at radius 3 is 2.74 bits per heavy atom. The summed E-state index contributed by atoms with van der Waals surface area (Å²) in [7, 11) is 1.66. The number of nitrogens with one attached hydrogen (secondary N) is 1. The summed E-state index contributed by atoms with van der Waals surface area (Å²) in [6.07, 6.45) is 1.73. The zero-order valence-corrected chi connectivity index (χ0v) is 15.2. The van der Waals surface area contributed by atoms with Crippen molar-refractivity contribution in [2.24, 2.45) is 0 Å². The van der Waals surface area contributed by atoms with Crippen molar-refractivity contribution in [1.29, 1.82) is 0 Å². The summed E-state index contributed by atoms with van der Waals surface area (Å²) in [5, 5.41) is 13.9. The standard InChI is InChI=1S/C21H19N5O/c1-21(12-26-13-22-25-20(26)24-21)17-9-10-18(23-19(17)27-2)16-8-7-14-5-3-4-6-15(14)11-16/h3-11,13H,12H2,1-2H3,(H,24,25). The first-order chi connectivity index (χ1) is 13.2. The molecule has 0 saturated carbocycles. The molecule has 2 aromatic carbocycles. The molecular formula is C21H19N5O. The van der Waals surface area contributed by atoms with Gasteiger partial charge in [0.1, 0.15) is 6.33 Å². The average Bonchev–Trinajstić information content (AvgIpc) is 3.26. The van der Waals surface area contributed by atoms with Gasteiger partial charge < -0.3 is 10.1 Å². The van der Waals surface area contributed by atoms with Crippen LogP contribution >= 0.6 is 0 Å². The molecule has 6 nitrogen and oxygen atoms in total. The van der Waals surface area contributed by atoms with Gasteiger partial charge in [0.25, 0.3) is 0 Å². The fourth-order valence-electron chi connectivity index (χ4n) is 3.77. The minimum atomic E-state index is -0.342. The van der Waals surface area contributed by atoms with E-state index >= 15 is 0 Å². The van der Waals surface area contributed by atoms with E-state index < -0.39 is 0 Å². The van der Waals surface area contributed by atoms with Crippen molar-refractivity contribution in [3.63, 3.8) is 0 Å². The smallest absolute Gasteiger partial charge is 0.225 e. The zero-order chi connectivity index (χ0) is 18.4. The first kappa shape index (κ1) is 15.8. The summed E-state index contributed by atoms with van der Waals surface area (Å²) >= 11 is 0. The zero-order valence-electron chi connectivity index (χ0n) is 15.2. The quantitative estimate of drug-likeness (QED) is 0.603. The van der Waals surface area contributed by atoms with Gasteiger partial charge in [0.2, 0.25) is 11.8 Å². The lowest BCUT2D eigenvalue weighted by molar-refractivity contribution is 0.375. The molecular weight excluding hydrogens is 338 g/mol. The molecule has 0 aliphatic carbocycles. The SMILES string of the molecule is COc1nc(-c2ccc3ccccc3c2)ccc1C1(C)Cn2cnnc2N1. The van der Waals surface area contributed by atoms with Crippen LogP contribution in [0.15, 0.2) is 60.9 Å². The highest BCUT2D eigenvalue weighted by atomic mass is 16.5. The normalized spacial score (nSPS) is 18.3. The second kappa shape index (κ2) is 5.81. The van der Waals surface area contributed by atoms with Crippen molar-refractivity contribution >= 4 is 16.7 Å². The molecule has 5 rings (SSSR count). The number of ether oxygens (including phenoxy) is 1. The molecule has 1 N–H and O–H groups in total. The molecule has 1 aliphatic rings. The number of pyridine rings is 1. The summed E-state index contributed by atoms with van der Waals surface area (Å²) < 4.78 is 7.65. The van der Waals surface area contributed by atoms with E-state index in [1.54, 1.807) is 13.4 Å². The average molecular weight is 357 g/mol. The van der Waals surface area contributed by atoms with E-state index in [9.17, 15) is 0 Å². The van der Waals surface area contributed by atoms with Gasteiger partial charge in [-0.05, 0) is 35.9 Å². The van der Waals surface area contributed by atoms with Crippen molar-refractivity contribution in [2.45, 2.75) is 19.0 Å². The Bertz CT molecular complexity index is 1130. The van der Waals surface area contributed by atoms with Gasteiger partial charge in [0.15, 0.2) is 0 Å². The Kier molecular flexibility index (Phi) is 3.40. The summed E-state index contributed by atoms with van der Waals surface area (Å²) in [6, 6.07) is 18.8. The van der Waals surface area contributed by atoms with Crippen LogP contribution in [-0.2, 0) is 12.1 Å². The molecule has 6 heteroatoms. The lowest BCUT2D eigenvalue weighted by Gasteiger charge is -2.26. The molecule has 4 aromatic rings. The first-order valence-corrected chi connectivity index (χ1v) is 8.87. The number of methoxy groups -OCH3 is 1. The molecule has 1 unspecified atom stereocenters. The highest BCUT2D eigenvalue weighted by Gasteiger charge is 2.38. The number of hydrogen-bond acceptors (Lipinski definition) is 5. The minimum absolute atomic E-state index is 0.342. The number of anilines is 1. The van der Waals surface area contributed by atoms with E-state index in [0.717, 1.165) is 29.3 Å². The van der Waals surface area contributed by atoms with Gasteiger partial charge in [-0.15, -0.1) is 10.2 Å². The van der Waals surface area contributed by atoms with Gasteiger partial charge in [0, 0.05) is 11.1 Å². The fourth-order valence-corrected chi connectivity index (χ4v) is 3.77. The van der Waals surface area contributed by atoms with Crippen LogP contribution in [0.3, 0.4) is 0 Å². The first-order valence-electron chi connectivity index (χ1n) is 8.87. The minimum Gasteiger partial charge on any atom is -0.481 e. The van der Waals surface area contributed by atoms with E-state index in [2.05, 4.69) is 58.8 Å². The maximum Gasteiger partial charge on any atom is 0.225 e. The van der Waals surface area contributed by atoms with E-state index in [1.165, 1.54) is 10.8 Å². The van der Waals surface area contributed by atoms with E-state index in [1.807, 2.05) is 22.8 Å². The number of benzene rings is 2. The van der Waals surface area contributed by atoms with Crippen LogP contribution in [0.25, 0.3) is 22.0 Å². The molecule has 0 amide bonds.